The number of ketones is 3. The lowest BCUT2D eigenvalue weighted by atomic mass is 9.94. The molecule has 13 nitrogen and oxygen atoms in total. The monoisotopic (exact) mass is 904 g/mol. The Morgan fingerprint density at radius 3 is 1.39 bits per heavy atom. The van der Waals surface area contributed by atoms with E-state index in [1.165, 1.54) is 6.92 Å². The predicted molar refractivity (Wildman–Crippen MR) is 255 cm³/mol. The number of nitrogens with one attached hydrogen (secondary N) is 3. The Hall–Kier alpha value is -6.75. The van der Waals surface area contributed by atoms with E-state index in [0.29, 0.717) is 45.1 Å². The highest BCUT2D eigenvalue weighted by Crippen LogP contribution is 2.14. The van der Waals surface area contributed by atoms with Gasteiger partial charge in [-0.15, -0.1) is 24.7 Å². The highest BCUT2D eigenvalue weighted by Gasteiger charge is 2.26. The number of hydrogen-bond donors (Lipinski definition) is 3. The van der Waals surface area contributed by atoms with Crippen molar-refractivity contribution in [3.63, 3.8) is 0 Å². The molecule has 0 fully saturated rings. The van der Waals surface area contributed by atoms with Gasteiger partial charge in [0.15, 0.2) is 17.3 Å². The molecule has 3 amide bonds. The molecule has 0 aromatic heterocycles. The molecule has 0 spiro atoms. The second-order valence-corrected chi connectivity index (χ2v) is 16.2. The van der Waals surface area contributed by atoms with Gasteiger partial charge in [-0.05, 0) is 54.7 Å². The summed E-state index contributed by atoms with van der Waals surface area (Å²) in [5.74, 6) is 4.41. The molecule has 0 aliphatic carbocycles. The standard InChI is InChI=1S/C20H28N2O4.C18H23NO3.C15H17NO2/c1-4-25-13-17(12-21)11-19(23)18(10-15(2)3)22-20(24)26-14-16-8-6-5-7-9-16;1-4-5-11-17(20)16(12-14(2)3)19-18(21)22-13-15-9-7-6-8-10-15;1-3-4-10-15(18)14(16-12(2)17)11-13-8-6-5-7-9-13/h5-9,15,17-18H,4,10-11,13-14H2,1-3H3,(H,22,24);1,6-10,14,16H,5,11-13H2,2-3H3,(H,19,21);1,5-9,14H,4,10-11H2,2H3,(H,16,17)/t17-,18+;16-;14-/m100/s1. The first-order valence-electron chi connectivity index (χ1n) is 22.3. The van der Waals surface area contributed by atoms with Crippen LogP contribution < -0.4 is 16.0 Å². The number of terminal acetylenes is 2. The van der Waals surface area contributed by atoms with Crippen molar-refractivity contribution in [3.8, 4) is 30.8 Å². The lowest BCUT2D eigenvalue weighted by Gasteiger charge is -2.20. The Labute approximate surface area is 392 Å². The van der Waals surface area contributed by atoms with Gasteiger partial charge in [0.1, 0.15) is 13.2 Å². The number of rotatable bonds is 25. The van der Waals surface area contributed by atoms with Gasteiger partial charge in [0.05, 0.1) is 36.7 Å². The Morgan fingerprint density at radius 1 is 0.606 bits per heavy atom. The summed E-state index contributed by atoms with van der Waals surface area (Å²) in [6, 6.07) is 28.7. The van der Waals surface area contributed by atoms with E-state index in [4.69, 9.17) is 32.3 Å². The molecule has 3 rings (SSSR count). The van der Waals surface area contributed by atoms with Crippen molar-refractivity contribution in [1.82, 2.24) is 16.0 Å². The molecule has 0 bridgehead atoms. The predicted octanol–water partition coefficient (Wildman–Crippen LogP) is 8.49. The third kappa shape index (κ3) is 27.4. The van der Waals surface area contributed by atoms with E-state index in [-0.39, 0.29) is 67.8 Å². The maximum Gasteiger partial charge on any atom is 0.408 e. The topological polar surface area (TPSA) is 190 Å². The van der Waals surface area contributed by atoms with Gasteiger partial charge in [0.2, 0.25) is 5.91 Å². The lowest BCUT2D eigenvalue weighted by molar-refractivity contribution is -0.126. The van der Waals surface area contributed by atoms with E-state index in [0.717, 1.165) is 16.7 Å². The minimum atomic E-state index is -0.671. The summed E-state index contributed by atoms with van der Waals surface area (Å²) < 4.78 is 15.6. The van der Waals surface area contributed by atoms with Crippen LogP contribution in [0.5, 0.6) is 0 Å². The summed E-state index contributed by atoms with van der Waals surface area (Å²) in [6.07, 6.45) is 12.1. The highest BCUT2D eigenvalue weighted by atomic mass is 16.6. The molecular formula is C53H68N4O9. The molecule has 3 aromatic rings. The third-order valence-corrected chi connectivity index (χ3v) is 9.43. The molecule has 13 heteroatoms. The smallest absolute Gasteiger partial charge is 0.408 e. The highest BCUT2D eigenvalue weighted by molar-refractivity contribution is 5.89. The van der Waals surface area contributed by atoms with Crippen LogP contribution in [-0.2, 0) is 53.0 Å². The molecule has 0 saturated carbocycles. The Morgan fingerprint density at radius 2 is 1.02 bits per heavy atom. The van der Waals surface area contributed by atoms with E-state index < -0.39 is 36.2 Å². The summed E-state index contributed by atoms with van der Waals surface area (Å²) >= 11 is 0. The normalized spacial score (nSPS) is 12.0. The number of carbonyl (C=O) groups is 6. The fraction of sp³-hybridized carbons (Fsp3) is 0.453. The van der Waals surface area contributed by atoms with Gasteiger partial charge in [-0.2, -0.15) is 5.26 Å². The zero-order valence-corrected chi connectivity index (χ0v) is 39.4. The molecule has 0 heterocycles. The first kappa shape index (κ1) is 57.3. The minimum Gasteiger partial charge on any atom is -0.445 e. The third-order valence-electron chi connectivity index (χ3n) is 9.43. The first-order valence-corrected chi connectivity index (χ1v) is 22.3. The number of hydrogen-bond acceptors (Lipinski definition) is 10. The summed E-state index contributed by atoms with van der Waals surface area (Å²) in [5, 5.41) is 17.1. The van der Waals surface area contributed by atoms with Crippen molar-refractivity contribution in [2.24, 2.45) is 17.8 Å². The van der Waals surface area contributed by atoms with Crippen LogP contribution in [0.4, 0.5) is 9.59 Å². The lowest BCUT2D eigenvalue weighted by Crippen LogP contribution is -2.42. The molecule has 3 N–H and O–H groups in total. The quantitative estimate of drug-likeness (QED) is 0.0696. The maximum absolute atomic E-state index is 12.5. The molecule has 354 valence electrons. The van der Waals surface area contributed by atoms with Crippen molar-refractivity contribution < 1.29 is 43.0 Å². The summed E-state index contributed by atoms with van der Waals surface area (Å²) in [5.41, 5.74) is 2.79. The molecular weight excluding hydrogens is 837 g/mol. The molecule has 4 atom stereocenters. The Bertz CT molecular complexity index is 2020. The van der Waals surface area contributed by atoms with Crippen LogP contribution in [0, 0.1) is 53.8 Å². The summed E-state index contributed by atoms with van der Waals surface area (Å²) in [6.45, 7) is 12.2. The number of benzene rings is 3. The number of carbonyl (C=O) groups excluding carboxylic acids is 6. The Balaban J connectivity index is 0.000000503. The van der Waals surface area contributed by atoms with Crippen molar-refractivity contribution in [2.75, 3.05) is 13.2 Å². The molecule has 3 aromatic carbocycles. The number of ether oxygens (including phenoxy) is 3. The van der Waals surface area contributed by atoms with E-state index in [9.17, 15) is 28.8 Å². The fourth-order valence-corrected chi connectivity index (χ4v) is 6.17. The Kier molecular flexibility index (Phi) is 30.0. The van der Waals surface area contributed by atoms with Gasteiger partial charge in [-0.1, -0.05) is 119 Å². The van der Waals surface area contributed by atoms with Gasteiger partial charge < -0.3 is 30.2 Å². The van der Waals surface area contributed by atoms with Crippen LogP contribution >= 0.6 is 0 Å². The number of alkyl carbamates (subject to hydrolysis) is 2. The zero-order chi connectivity index (χ0) is 49.1. The van der Waals surface area contributed by atoms with Crippen molar-refractivity contribution in [1.29, 1.82) is 5.26 Å². The molecule has 0 aliphatic heterocycles. The van der Waals surface area contributed by atoms with E-state index >= 15 is 0 Å². The SMILES string of the molecule is C#CCCC(=O)[C@H](CC(C)C)NC(=O)OCc1ccccc1.C#CCCC(=O)[C@H](Cc1ccccc1)NC(C)=O.CCOC[C@@H](C#N)CC(=O)[C@H](CC(C)C)NC(=O)OCc1ccccc1. The first-order chi connectivity index (χ1) is 31.6. The van der Waals surface area contributed by atoms with E-state index in [1.54, 1.807) is 0 Å². The van der Waals surface area contributed by atoms with Crippen LogP contribution in [0.3, 0.4) is 0 Å². The zero-order valence-electron chi connectivity index (χ0n) is 39.4. The van der Waals surface area contributed by atoms with Gasteiger partial charge in [0.25, 0.3) is 0 Å². The van der Waals surface area contributed by atoms with Crippen molar-refractivity contribution in [2.45, 2.75) is 124 Å². The number of nitrogens with zero attached hydrogens (tertiary/aromatic N) is 1. The number of amides is 3. The summed E-state index contributed by atoms with van der Waals surface area (Å²) in [7, 11) is 0. The minimum absolute atomic E-state index is 0.0213. The van der Waals surface area contributed by atoms with Gasteiger partial charge in [-0.25, -0.2) is 9.59 Å². The second kappa shape index (κ2) is 34.6. The van der Waals surface area contributed by atoms with E-state index in [2.05, 4.69) is 33.9 Å². The van der Waals surface area contributed by atoms with Crippen molar-refractivity contribution >= 4 is 35.4 Å². The average molecular weight is 905 g/mol. The van der Waals surface area contributed by atoms with Crippen LogP contribution in [-0.4, -0.2) is 66.8 Å². The van der Waals surface area contributed by atoms with Crippen LogP contribution in [0.15, 0.2) is 91.0 Å². The molecule has 0 saturated heterocycles. The largest absolute Gasteiger partial charge is 0.445 e. The fourth-order valence-electron chi connectivity index (χ4n) is 6.17. The van der Waals surface area contributed by atoms with Crippen LogP contribution in [0.25, 0.3) is 0 Å². The van der Waals surface area contributed by atoms with Gasteiger partial charge in [-0.3, -0.25) is 19.2 Å². The van der Waals surface area contributed by atoms with Crippen molar-refractivity contribution in [3.05, 3.63) is 108 Å². The number of Topliss-reactive ketones (excluding diaryl/α,β-unsaturated/α-hetero) is 3. The van der Waals surface area contributed by atoms with Crippen LogP contribution in [0.1, 0.15) is 103 Å². The van der Waals surface area contributed by atoms with Crippen LogP contribution in [0.2, 0.25) is 0 Å². The second-order valence-electron chi connectivity index (χ2n) is 16.2. The van der Waals surface area contributed by atoms with Gasteiger partial charge in [0, 0.05) is 45.6 Å². The maximum atomic E-state index is 12.5. The summed E-state index contributed by atoms with van der Waals surface area (Å²) in [4.78, 5) is 71.6. The molecule has 66 heavy (non-hydrogen) atoms. The number of nitriles is 1. The average Bonchev–Trinajstić information content (AvgIpc) is 3.30. The molecule has 0 radical (unpaired) electrons. The molecule has 0 aliphatic rings. The van der Waals surface area contributed by atoms with E-state index in [1.807, 2.05) is 126 Å². The van der Waals surface area contributed by atoms with Gasteiger partial charge >= 0.3 is 12.2 Å². The molecule has 0 unspecified atom stereocenters.